The van der Waals surface area contributed by atoms with Crippen molar-refractivity contribution in [1.29, 1.82) is 0 Å². The molecular weight excluding hydrogens is 813 g/mol. The molecule has 0 aromatic carbocycles. The molecule has 0 aromatic rings. The average molecular weight is 915 g/mol. The summed E-state index contributed by atoms with van der Waals surface area (Å²) in [6, 6.07) is 0. The first-order valence-electron chi connectivity index (χ1n) is 27.4. The van der Waals surface area contributed by atoms with E-state index in [0.717, 1.165) is 96.3 Å². The molecule has 1 unspecified atom stereocenters. The van der Waals surface area contributed by atoms with Gasteiger partial charge in [0, 0.05) is 12.8 Å². The van der Waals surface area contributed by atoms with Gasteiger partial charge in [-0.1, -0.05) is 239 Å². The van der Waals surface area contributed by atoms with E-state index in [-0.39, 0.29) is 25.2 Å². The van der Waals surface area contributed by atoms with Crippen molar-refractivity contribution in [1.82, 2.24) is 0 Å². The van der Waals surface area contributed by atoms with Crippen LogP contribution in [-0.2, 0) is 19.1 Å². The van der Waals surface area contributed by atoms with Crippen molar-refractivity contribution in [3.63, 3.8) is 0 Å². The molecule has 0 saturated carbocycles. The minimum absolute atomic E-state index is 0.0784. The van der Waals surface area contributed by atoms with E-state index in [0.29, 0.717) is 12.8 Å². The summed E-state index contributed by atoms with van der Waals surface area (Å²) in [7, 11) is 0. The summed E-state index contributed by atoms with van der Waals surface area (Å²) in [6.07, 6.45) is 80.4. The molecule has 0 radical (unpaired) electrons. The number of hydrogen-bond donors (Lipinski definition) is 1. The Morgan fingerprint density at radius 1 is 0.364 bits per heavy atom. The molecule has 0 aliphatic carbocycles. The molecule has 5 nitrogen and oxygen atoms in total. The highest BCUT2D eigenvalue weighted by Gasteiger charge is 2.16. The topological polar surface area (TPSA) is 72.8 Å². The first-order valence-corrected chi connectivity index (χ1v) is 27.4. The van der Waals surface area contributed by atoms with Gasteiger partial charge in [-0.3, -0.25) is 9.59 Å². The maximum atomic E-state index is 12.3. The van der Waals surface area contributed by atoms with Crippen LogP contribution >= 0.6 is 0 Å². The lowest BCUT2D eigenvalue weighted by Gasteiger charge is -2.15. The van der Waals surface area contributed by atoms with Crippen LogP contribution in [0.1, 0.15) is 245 Å². The number of carbonyl (C=O) groups is 2. The summed E-state index contributed by atoms with van der Waals surface area (Å²) >= 11 is 0. The van der Waals surface area contributed by atoms with E-state index in [1.165, 1.54) is 122 Å². The second kappa shape index (κ2) is 55.9. The van der Waals surface area contributed by atoms with Gasteiger partial charge in [-0.25, -0.2) is 0 Å². The van der Waals surface area contributed by atoms with Crippen molar-refractivity contribution in [3.05, 3.63) is 109 Å². The molecule has 0 aliphatic heterocycles. The smallest absolute Gasteiger partial charge is 0.306 e. The van der Waals surface area contributed by atoms with Crippen LogP contribution in [-0.4, -0.2) is 36.4 Å². The van der Waals surface area contributed by atoms with E-state index < -0.39 is 6.10 Å². The third kappa shape index (κ3) is 53.2. The molecule has 0 aromatic heterocycles. The largest absolute Gasteiger partial charge is 0.462 e. The number of hydrogen-bond acceptors (Lipinski definition) is 5. The second-order valence-corrected chi connectivity index (χ2v) is 17.9. The monoisotopic (exact) mass is 915 g/mol. The highest BCUT2D eigenvalue weighted by Crippen LogP contribution is 2.15. The van der Waals surface area contributed by atoms with E-state index in [9.17, 15) is 14.7 Å². The highest BCUT2D eigenvalue weighted by molar-refractivity contribution is 5.70. The Hall–Kier alpha value is -3.44. The molecular formula is C61H102O5. The van der Waals surface area contributed by atoms with Gasteiger partial charge in [-0.05, 0) is 103 Å². The van der Waals surface area contributed by atoms with E-state index >= 15 is 0 Å². The van der Waals surface area contributed by atoms with Crippen LogP contribution in [0.4, 0.5) is 0 Å². The van der Waals surface area contributed by atoms with Gasteiger partial charge < -0.3 is 14.6 Å². The summed E-state index contributed by atoms with van der Waals surface area (Å²) in [5, 5.41) is 9.65. The molecule has 0 bridgehead atoms. The van der Waals surface area contributed by atoms with Gasteiger partial charge in [0.05, 0.1) is 6.61 Å². The molecule has 376 valence electrons. The van der Waals surface area contributed by atoms with Gasteiger partial charge in [-0.2, -0.15) is 0 Å². The fourth-order valence-corrected chi connectivity index (χ4v) is 7.45. The predicted octanol–water partition coefficient (Wildman–Crippen LogP) is 18.5. The number of rotatable bonds is 49. The molecule has 0 saturated heterocycles. The zero-order valence-electron chi connectivity index (χ0n) is 42.9. The van der Waals surface area contributed by atoms with Crippen molar-refractivity contribution in [3.8, 4) is 0 Å². The van der Waals surface area contributed by atoms with Crippen LogP contribution in [0.15, 0.2) is 109 Å². The zero-order chi connectivity index (χ0) is 47.7. The minimum Gasteiger partial charge on any atom is -0.462 e. The highest BCUT2D eigenvalue weighted by atomic mass is 16.6. The van der Waals surface area contributed by atoms with Crippen molar-refractivity contribution in [2.24, 2.45) is 0 Å². The average Bonchev–Trinajstić information content (AvgIpc) is 3.32. The lowest BCUT2D eigenvalue weighted by molar-refractivity contribution is -0.161. The van der Waals surface area contributed by atoms with Gasteiger partial charge in [0.2, 0.25) is 0 Å². The summed E-state index contributed by atoms with van der Waals surface area (Å²) < 4.78 is 10.7. The van der Waals surface area contributed by atoms with Gasteiger partial charge in [0.1, 0.15) is 6.61 Å². The molecule has 1 N–H and O–H groups in total. The summed E-state index contributed by atoms with van der Waals surface area (Å²) in [4.78, 5) is 24.5. The van der Waals surface area contributed by atoms with Crippen LogP contribution in [0, 0.1) is 0 Å². The zero-order valence-corrected chi connectivity index (χ0v) is 42.9. The van der Waals surface area contributed by atoms with Crippen LogP contribution in [0.25, 0.3) is 0 Å². The van der Waals surface area contributed by atoms with Gasteiger partial charge >= 0.3 is 11.9 Å². The quantitative estimate of drug-likeness (QED) is 0.0374. The molecule has 0 fully saturated rings. The molecule has 66 heavy (non-hydrogen) atoms. The van der Waals surface area contributed by atoms with Crippen LogP contribution in [0.2, 0.25) is 0 Å². The maximum Gasteiger partial charge on any atom is 0.306 e. The molecule has 0 heterocycles. The number of aliphatic hydroxyl groups is 1. The lowest BCUT2D eigenvalue weighted by Crippen LogP contribution is -2.28. The van der Waals surface area contributed by atoms with Crippen molar-refractivity contribution < 1.29 is 24.2 Å². The molecule has 1 atom stereocenters. The Labute approximate surface area is 408 Å². The predicted molar refractivity (Wildman–Crippen MR) is 288 cm³/mol. The number of esters is 2. The van der Waals surface area contributed by atoms with Gasteiger partial charge in [0.25, 0.3) is 0 Å². The van der Waals surface area contributed by atoms with E-state index in [2.05, 4.69) is 123 Å². The first-order chi connectivity index (χ1) is 32.6. The number of ether oxygens (including phenoxy) is 2. The Bertz CT molecular complexity index is 1310. The molecule has 0 amide bonds. The standard InChI is InChI=1S/C61H102O5/c1-3-5-7-9-11-13-15-17-19-21-23-25-26-27-28-29-30-31-32-33-34-36-38-40-42-44-46-48-50-52-54-56-61(64)66-59(57-62)58-65-60(63)55-53-51-49-47-45-43-41-39-37-35-24-22-20-18-16-14-12-10-8-6-4-2/h5,7,11,13,16-19,22-25,27-28,30-31,37,39,59,62H,3-4,6,8-10,12,14-15,20-21,26,29,32-36,38,40-58H2,1-2H3/b7-5-,13-11-,18-16-,19-17-,24-22-,25-23-,28-27-,31-30-,39-37-. The van der Waals surface area contributed by atoms with Crippen molar-refractivity contribution >= 4 is 11.9 Å². The summed E-state index contributed by atoms with van der Waals surface area (Å²) in [5.41, 5.74) is 0. The van der Waals surface area contributed by atoms with E-state index in [1.807, 2.05) is 0 Å². The summed E-state index contributed by atoms with van der Waals surface area (Å²) in [5.74, 6) is -0.609. The van der Waals surface area contributed by atoms with E-state index in [4.69, 9.17) is 9.47 Å². The lowest BCUT2D eigenvalue weighted by atomic mass is 10.0. The second-order valence-electron chi connectivity index (χ2n) is 17.9. The number of carbonyl (C=O) groups excluding carboxylic acids is 2. The molecule has 0 rings (SSSR count). The number of unbranched alkanes of at least 4 members (excludes halogenated alkanes) is 23. The molecule has 0 aliphatic rings. The fraction of sp³-hybridized carbons (Fsp3) is 0.672. The van der Waals surface area contributed by atoms with Crippen LogP contribution in [0.5, 0.6) is 0 Å². The van der Waals surface area contributed by atoms with Gasteiger partial charge in [0.15, 0.2) is 6.10 Å². The van der Waals surface area contributed by atoms with Crippen LogP contribution in [0.3, 0.4) is 0 Å². The molecule has 5 heteroatoms. The minimum atomic E-state index is -0.786. The third-order valence-corrected chi connectivity index (χ3v) is 11.6. The van der Waals surface area contributed by atoms with Crippen LogP contribution < -0.4 is 0 Å². The number of allylic oxidation sites excluding steroid dienone is 18. The number of aliphatic hydroxyl groups excluding tert-OH is 1. The van der Waals surface area contributed by atoms with Gasteiger partial charge in [-0.15, -0.1) is 0 Å². The van der Waals surface area contributed by atoms with Crippen molar-refractivity contribution in [2.75, 3.05) is 13.2 Å². The Balaban J connectivity index is 3.56. The van der Waals surface area contributed by atoms with Crippen molar-refractivity contribution in [2.45, 2.75) is 251 Å². The first kappa shape index (κ1) is 62.6. The third-order valence-electron chi connectivity index (χ3n) is 11.6. The Morgan fingerprint density at radius 3 is 0.985 bits per heavy atom. The maximum absolute atomic E-state index is 12.3. The molecule has 0 spiro atoms. The Kier molecular flexibility index (Phi) is 53.0. The summed E-state index contributed by atoms with van der Waals surface area (Å²) in [6.45, 7) is 4.01. The Morgan fingerprint density at radius 2 is 0.652 bits per heavy atom. The fourth-order valence-electron chi connectivity index (χ4n) is 7.45. The SMILES string of the molecule is CC/C=C\C/C=C\C/C=C\C/C=C\C/C=C\C/C=C\CCCCCCCCCCCCCCC(=O)OC(CO)COC(=O)CCCCCCCC/C=C\C/C=C\C/C=C\CCCCCCC. The van der Waals surface area contributed by atoms with E-state index in [1.54, 1.807) is 0 Å². The normalized spacial score (nSPS) is 13.1.